The highest BCUT2D eigenvalue weighted by Gasteiger charge is 2.20. The van der Waals surface area contributed by atoms with E-state index in [1.165, 1.54) is 0 Å². The van der Waals surface area contributed by atoms with Crippen LogP contribution < -0.4 is 5.32 Å². The maximum Gasteiger partial charge on any atom is 0.251 e. The molecule has 0 spiro atoms. The molecule has 0 aliphatic carbocycles. The molecule has 1 aliphatic rings. The molecule has 1 aliphatic heterocycles. The van der Waals surface area contributed by atoms with Crippen LogP contribution in [0.5, 0.6) is 0 Å². The SMILES string of the molecule is Cc1ccc(Br)cc1C(=O)NC1CCS(=O)CC1. The van der Waals surface area contributed by atoms with E-state index < -0.39 is 10.8 Å². The molecule has 18 heavy (non-hydrogen) atoms. The zero-order chi connectivity index (χ0) is 13.1. The van der Waals surface area contributed by atoms with Crippen molar-refractivity contribution in [3.8, 4) is 0 Å². The molecule has 1 N–H and O–H groups in total. The molecule has 5 heteroatoms. The monoisotopic (exact) mass is 329 g/mol. The molecule has 1 saturated heterocycles. The Morgan fingerprint density at radius 1 is 1.39 bits per heavy atom. The van der Waals surface area contributed by atoms with E-state index in [1.54, 1.807) is 0 Å². The van der Waals surface area contributed by atoms with Crippen molar-refractivity contribution in [2.24, 2.45) is 0 Å². The predicted molar refractivity (Wildman–Crippen MR) is 77.2 cm³/mol. The third-order valence-corrected chi connectivity index (χ3v) is 5.04. The van der Waals surface area contributed by atoms with Crippen LogP contribution in [0.3, 0.4) is 0 Å². The van der Waals surface area contributed by atoms with Gasteiger partial charge in [0, 0.05) is 38.4 Å². The first-order chi connectivity index (χ1) is 8.56. The van der Waals surface area contributed by atoms with Crippen molar-refractivity contribution in [2.75, 3.05) is 11.5 Å². The van der Waals surface area contributed by atoms with Gasteiger partial charge >= 0.3 is 0 Å². The predicted octanol–water partition coefficient (Wildman–Crippen LogP) is 2.40. The van der Waals surface area contributed by atoms with Crippen LogP contribution in [0.15, 0.2) is 22.7 Å². The van der Waals surface area contributed by atoms with Gasteiger partial charge < -0.3 is 5.32 Å². The highest BCUT2D eigenvalue weighted by atomic mass is 79.9. The Morgan fingerprint density at radius 3 is 2.72 bits per heavy atom. The summed E-state index contributed by atoms with van der Waals surface area (Å²) in [6.45, 7) is 1.93. The Hall–Kier alpha value is -0.680. The van der Waals surface area contributed by atoms with Crippen molar-refractivity contribution in [2.45, 2.75) is 25.8 Å². The van der Waals surface area contributed by atoms with Gasteiger partial charge in [0.05, 0.1) is 0 Å². The smallest absolute Gasteiger partial charge is 0.251 e. The lowest BCUT2D eigenvalue weighted by Gasteiger charge is -2.22. The van der Waals surface area contributed by atoms with Crippen LogP contribution in [0, 0.1) is 6.92 Å². The maximum absolute atomic E-state index is 12.2. The van der Waals surface area contributed by atoms with E-state index in [0.29, 0.717) is 17.1 Å². The molecule has 2 rings (SSSR count). The number of halogens is 1. The topological polar surface area (TPSA) is 46.2 Å². The maximum atomic E-state index is 12.2. The molecule has 0 atom stereocenters. The number of hydrogen-bond acceptors (Lipinski definition) is 2. The molecule has 1 aromatic rings. The van der Waals surface area contributed by atoms with Crippen molar-refractivity contribution in [1.82, 2.24) is 5.32 Å². The van der Waals surface area contributed by atoms with Crippen LogP contribution >= 0.6 is 15.9 Å². The molecule has 1 heterocycles. The molecule has 0 bridgehead atoms. The van der Waals surface area contributed by atoms with Crippen molar-refractivity contribution in [3.05, 3.63) is 33.8 Å². The first-order valence-electron chi connectivity index (χ1n) is 5.98. The van der Waals surface area contributed by atoms with Gasteiger partial charge in [0.2, 0.25) is 0 Å². The lowest BCUT2D eigenvalue weighted by molar-refractivity contribution is 0.0934. The van der Waals surface area contributed by atoms with Gasteiger partial charge in [-0.15, -0.1) is 0 Å². The molecule has 1 aromatic carbocycles. The Morgan fingerprint density at radius 2 is 2.06 bits per heavy atom. The van der Waals surface area contributed by atoms with Gasteiger partial charge in [0.1, 0.15) is 0 Å². The third-order valence-electron chi connectivity index (χ3n) is 3.17. The van der Waals surface area contributed by atoms with Crippen LogP contribution in [-0.2, 0) is 10.8 Å². The minimum absolute atomic E-state index is 0.0357. The first kappa shape index (κ1) is 13.7. The number of aryl methyl sites for hydroxylation is 1. The summed E-state index contributed by atoms with van der Waals surface area (Å²) in [5.41, 5.74) is 1.67. The van der Waals surface area contributed by atoms with Crippen LogP contribution in [0.1, 0.15) is 28.8 Å². The summed E-state index contributed by atoms with van der Waals surface area (Å²) in [5, 5.41) is 3.03. The highest BCUT2D eigenvalue weighted by molar-refractivity contribution is 9.10. The van der Waals surface area contributed by atoms with E-state index in [-0.39, 0.29) is 11.9 Å². The van der Waals surface area contributed by atoms with Gasteiger partial charge in [0.25, 0.3) is 5.91 Å². The summed E-state index contributed by atoms with van der Waals surface area (Å²) in [7, 11) is -0.687. The molecular weight excluding hydrogens is 314 g/mol. The van der Waals surface area contributed by atoms with Crippen molar-refractivity contribution >= 4 is 32.6 Å². The lowest BCUT2D eigenvalue weighted by atomic mass is 10.1. The zero-order valence-electron chi connectivity index (χ0n) is 10.2. The van der Waals surface area contributed by atoms with E-state index in [9.17, 15) is 9.00 Å². The van der Waals surface area contributed by atoms with Gasteiger partial charge in [0.15, 0.2) is 0 Å². The average molecular weight is 330 g/mol. The second-order valence-electron chi connectivity index (χ2n) is 4.56. The fraction of sp³-hybridized carbons (Fsp3) is 0.462. The first-order valence-corrected chi connectivity index (χ1v) is 8.26. The number of benzene rings is 1. The van der Waals surface area contributed by atoms with Gasteiger partial charge in [-0.05, 0) is 37.5 Å². The Labute approximate surface area is 118 Å². The summed E-state index contributed by atoms with van der Waals surface area (Å²) in [5.74, 6) is 1.36. The number of hydrogen-bond donors (Lipinski definition) is 1. The summed E-state index contributed by atoms with van der Waals surface area (Å²) in [4.78, 5) is 12.2. The minimum atomic E-state index is -0.687. The standard InChI is InChI=1S/C13H16BrNO2S/c1-9-2-3-10(14)8-12(9)13(16)15-11-4-6-18(17)7-5-11/h2-3,8,11H,4-7H2,1H3,(H,15,16). The molecular formula is C13H16BrNO2S. The molecule has 0 radical (unpaired) electrons. The number of nitrogens with one attached hydrogen (secondary N) is 1. The van der Waals surface area contributed by atoms with Crippen molar-refractivity contribution in [3.63, 3.8) is 0 Å². The minimum Gasteiger partial charge on any atom is -0.349 e. The van der Waals surface area contributed by atoms with Gasteiger partial charge in [-0.25, -0.2) is 0 Å². The molecule has 3 nitrogen and oxygen atoms in total. The Bertz CT molecular complexity index is 480. The van der Waals surface area contributed by atoms with Gasteiger partial charge in [-0.1, -0.05) is 22.0 Å². The summed E-state index contributed by atoms with van der Waals surface area (Å²) < 4.78 is 12.2. The molecule has 98 valence electrons. The van der Waals surface area contributed by atoms with E-state index in [0.717, 1.165) is 22.9 Å². The number of amides is 1. The third kappa shape index (κ3) is 3.42. The quantitative estimate of drug-likeness (QED) is 0.905. The summed E-state index contributed by atoms with van der Waals surface area (Å²) in [6.07, 6.45) is 1.62. The molecule has 1 amide bonds. The number of carbonyl (C=O) groups is 1. The summed E-state index contributed by atoms with van der Waals surface area (Å²) >= 11 is 3.38. The van der Waals surface area contributed by atoms with Crippen LogP contribution in [0.25, 0.3) is 0 Å². The number of rotatable bonds is 2. The molecule has 1 fully saturated rings. The normalized spacial score (nSPS) is 23.7. The average Bonchev–Trinajstić information content (AvgIpc) is 2.35. The Balaban J connectivity index is 2.03. The van der Waals surface area contributed by atoms with E-state index >= 15 is 0 Å². The van der Waals surface area contributed by atoms with Crippen molar-refractivity contribution < 1.29 is 9.00 Å². The van der Waals surface area contributed by atoms with E-state index in [1.807, 2.05) is 25.1 Å². The fourth-order valence-corrected chi connectivity index (χ4v) is 3.70. The van der Waals surface area contributed by atoms with Gasteiger partial charge in [-0.2, -0.15) is 0 Å². The second kappa shape index (κ2) is 5.97. The lowest BCUT2D eigenvalue weighted by Crippen LogP contribution is -2.39. The van der Waals surface area contributed by atoms with Crippen LogP contribution in [0.4, 0.5) is 0 Å². The molecule has 0 saturated carbocycles. The summed E-state index contributed by atoms with van der Waals surface area (Å²) in [6, 6.07) is 5.85. The molecule has 0 aromatic heterocycles. The van der Waals surface area contributed by atoms with Crippen molar-refractivity contribution in [1.29, 1.82) is 0 Å². The molecule has 0 unspecified atom stereocenters. The van der Waals surface area contributed by atoms with E-state index in [4.69, 9.17) is 0 Å². The second-order valence-corrected chi connectivity index (χ2v) is 7.17. The van der Waals surface area contributed by atoms with Crippen LogP contribution in [-0.4, -0.2) is 27.7 Å². The largest absolute Gasteiger partial charge is 0.349 e. The fourth-order valence-electron chi connectivity index (χ4n) is 2.04. The number of carbonyl (C=O) groups excluding carboxylic acids is 1. The highest BCUT2D eigenvalue weighted by Crippen LogP contribution is 2.17. The van der Waals surface area contributed by atoms with Crippen LogP contribution in [0.2, 0.25) is 0 Å². The zero-order valence-corrected chi connectivity index (χ0v) is 12.6. The van der Waals surface area contributed by atoms with Gasteiger partial charge in [-0.3, -0.25) is 9.00 Å². The van der Waals surface area contributed by atoms with E-state index in [2.05, 4.69) is 21.2 Å². The Kier molecular flexibility index (Phi) is 4.56.